The second-order valence-electron chi connectivity index (χ2n) is 3.74. The minimum Gasteiger partial charge on any atom is -0.383 e. The van der Waals surface area contributed by atoms with Gasteiger partial charge >= 0.3 is 0 Å². The molecular weight excluding hydrogens is 232 g/mol. The van der Waals surface area contributed by atoms with Crippen LogP contribution in [-0.2, 0) is 0 Å². The molecule has 4 heteroatoms. The summed E-state index contributed by atoms with van der Waals surface area (Å²) in [5.41, 5.74) is 0.805. The van der Waals surface area contributed by atoms with E-state index in [0.29, 0.717) is 0 Å². The lowest BCUT2D eigenvalue weighted by molar-refractivity contribution is 0.224. The van der Waals surface area contributed by atoms with Crippen LogP contribution in [0.4, 0.5) is 0 Å². The molecule has 0 aliphatic rings. The van der Waals surface area contributed by atoms with Crippen molar-refractivity contribution in [2.45, 2.75) is 6.10 Å². The van der Waals surface area contributed by atoms with Crippen molar-refractivity contribution in [3.05, 3.63) is 59.4 Å². The number of aliphatic hydroxyl groups is 1. The molecule has 0 aliphatic heterocycles. The predicted molar refractivity (Wildman–Crippen MR) is 67.9 cm³/mol. The average molecular weight is 242 g/mol. The van der Waals surface area contributed by atoms with Crippen LogP contribution < -0.4 is 0 Å². The Labute approximate surface area is 102 Å². The number of nitrogens with zero attached hydrogens (tertiary/aromatic N) is 2. The van der Waals surface area contributed by atoms with Crippen LogP contribution in [0.5, 0.6) is 0 Å². The maximum Gasteiger partial charge on any atom is 0.123 e. The molecule has 0 fully saturated rings. The molecule has 0 aromatic carbocycles. The Hall–Kier alpha value is -1.78. The van der Waals surface area contributed by atoms with E-state index < -0.39 is 6.10 Å². The van der Waals surface area contributed by atoms with Crippen molar-refractivity contribution >= 4 is 21.6 Å². The van der Waals surface area contributed by atoms with Gasteiger partial charge in [-0.15, -0.1) is 11.3 Å². The molecule has 0 radical (unpaired) electrons. The molecule has 0 amide bonds. The fourth-order valence-corrected chi connectivity index (χ4v) is 2.74. The molecule has 1 unspecified atom stereocenters. The van der Waals surface area contributed by atoms with E-state index in [-0.39, 0.29) is 0 Å². The molecule has 0 bridgehead atoms. The second-order valence-corrected chi connectivity index (χ2v) is 4.80. The molecule has 3 rings (SSSR count). The van der Waals surface area contributed by atoms with Crippen LogP contribution in [-0.4, -0.2) is 15.1 Å². The number of hydrogen-bond acceptors (Lipinski definition) is 4. The van der Waals surface area contributed by atoms with Crippen molar-refractivity contribution in [1.82, 2.24) is 9.97 Å². The molecule has 0 spiro atoms. The zero-order chi connectivity index (χ0) is 11.7. The topological polar surface area (TPSA) is 46.0 Å². The zero-order valence-corrected chi connectivity index (χ0v) is 9.76. The number of fused-ring (bicyclic) bond motifs is 1. The Morgan fingerprint density at radius 2 is 2.06 bits per heavy atom. The summed E-state index contributed by atoms with van der Waals surface area (Å²) in [6, 6.07) is 9.57. The first-order valence-corrected chi connectivity index (χ1v) is 6.09. The number of rotatable bonds is 2. The quantitative estimate of drug-likeness (QED) is 0.751. The smallest absolute Gasteiger partial charge is 0.123 e. The van der Waals surface area contributed by atoms with Gasteiger partial charge in [0, 0.05) is 34.4 Å². The highest BCUT2D eigenvalue weighted by atomic mass is 32.1. The van der Waals surface area contributed by atoms with Gasteiger partial charge in [0.25, 0.3) is 0 Å². The summed E-state index contributed by atoms with van der Waals surface area (Å²) in [6.45, 7) is 0. The van der Waals surface area contributed by atoms with Gasteiger partial charge in [0.1, 0.15) is 10.9 Å². The number of aromatic nitrogens is 2. The van der Waals surface area contributed by atoms with Crippen molar-refractivity contribution < 1.29 is 5.11 Å². The number of pyridine rings is 2. The number of hydrogen-bond donors (Lipinski definition) is 1. The molecule has 84 valence electrons. The lowest BCUT2D eigenvalue weighted by Gasteiger charge is -2.06. The van der Waals surface area contributed by atoms with E-state index in [1.807, 2.05) is 30.3 Å². The monoisotopic (exact) mass is 242 g/mol. The lowest BCUT2D eigenvalue weighted by Crippen LogP contribution is -1.96. The summed E-state index contributed by atoms with van der Waals surface area (Å²) >= 11 is 1.51. The van der Waals surface area contributed by atoms with Crippen molar-refractivity contribution in [3.8, 4) is 0 Å². The van der Waals surface area contributed by atoms with Crippen LogP contribution in [0.25, 0.3) is 10.2 Å². The van der Waals surface area contributed by atoms with Gasteiger partial charge < -0.3 is 5.11 Å². The first kappa shape index (κ1) is 10.4. The van der Waals surface area contributed by atoms with E-state index in [4.69, 9.17) is 0 Å². The minimum absolute atomic E-state index is 0.622. The van der Waals surface area contributed by atoms with Gasteiger partial charge in [-0.05, 0) is 18.2 Å². The summed E-state index contributed by atoms with van der Waals surface area (Å²) in [6.07, 6.45) is 4.52. The Morgan fingerprint density at radius 1 is 1.18 bits per heavy atom. The number of aliphatic hydroxyl groups excluding tert-OH is 1. The van der Waals surface area contributed by atoms with Gasteiger partial charge in [-0.2, -0.15) is 0 Å². The molecule has 0 aliphatic carbocycles. The molecule has 3 aromatic rings. The Balaban J connectivity index is 2.04. The molecular formula is C13H10N2OS. The number of thiophene rings is 1. The highest BCUT2D eigenvalue weighted by Gasteiger charge is 2.13. The lowest BCUT2D eigenvalue weighted by atomic mass is 10.1. The van der Waals surface area contributed by atoms with Crippen molar-refractivity contribution in [2.75, 3.05) is 0 Å². The maximum atomic E-state index is 10.2. The molecule has 0 saturated heterocycles. The normalized spacial score (nSPS) is 12.8. The average Bonchev–Trinajstić information content (AvgIpc) is 2.82. The van der Waals surface area contributed by atoms with E-state index in [1.54, 1.807) is 18.6 Å². The summed E-state index contributed by atoms with van der Waals surface area (Å²) in [5, 5.41) is 11.3. The highest BCUT2D eigenvalue weighted by molar-refractivity contribution is 7.18. The van der Waals surface area contributed by atoms with Crippen LogP contribution in [0, 0.1) is 0 Å². The summed E-state index contributed by atoms with van der Waals surface area (Å²) in [7, 11) is 0. The van der Waals surface area contributed by atoms with Gasteiger partial charge in [0.15, 0.2) is 0 Å². The second kappa shape index (κ2) is 4.24. The van der Waals surface area contributed by atoms with Crippen molar-refractivity contribution in [3.63, 3.8) is 0 Å². The maximum absolute atomic E-state index is 10.2. The van der Waals surface area contributed by atoms with E-state index in [0.717, 1.165) is 20.7 Å². The third-order valence-electron chi connectivity index (χ3n) is 2.58. The van der Waals surface area contributed by atoms with Gasteiger partial charge in [0.05, 0.1) is 0 Å². The van der Waals surface area contributed by atoms with Gasteiger partial charge in [-0.1, -0.05) is 12.1 Å². The van der Waals surface area contributed by atoms with E-state index in [1.165, 1.54) is 11.3 Å². The summed E-state index contributed by atoms with van der Waals surface area (Å²) < 4.78 is 0. The van der Waals surface area contributed by atoms with Gasteiger partial charge in [-0.3, -0.25) is 4.98 Å². The standard InChI is InChI=1S/C13H10N2OS/c16-12(10-4-1-5-14-8-10)11-7-9-3-2-6-15-13(9)17-11/h1-8,12,16H. The van der Waals surface area contributed by atoms with Crippen molar-refractivity contribution in [2.24, 2.45) is 0 Å². The fourth-order valence-electron chi connectivity index (χ4n) is 1.73. The third-order valence-corrected chi connectivity index (χ3v) is 3.69. The first-order valence-electron chi connectivity index (χ1n) is 5.27. The van der Waals surface area contributed by atoms with Gasteiger partial charge in [-0.25, -0.2) is 4.98 Å². The molecule has 1 N–H and O–H groups in total. The largest absolute Gasteiger partial charge is 0.383 e. The molecule has 3 nitrogen and oxygen atoms in total. The minimum atomic E-state index is -0.622. The molecule has 3 aromatic heterocycles. The molecule has 0 saturated carbocycles. The zero-order valence-electron chi connectivity index (χ0n) is 8.95. The van der Waals surface area contributed by atoms with E-state index in [2.05, 4.69) is 9.97 Å². The van der Waals surface area contributed by atoms with E-state index in [9.17, 15) is 5.11 Å². The third kappa shape index (κ3) is 1.92. The Kier molecular flexibility index (Phi) is 2.59. The fraction of sp³-hybridized carbons (Fsp3) is 0.0769. The Bertz CT molecular complexity index is 603. The van der Waals surface area contributed by atoms with Gasteiger partial charge in [0.2, 0.25) is 0 Å². The first-order chi connectivity index (χ1) is 8.34. The molecule has 1 atom stereocenters. The van der Waals surface area contributed by atoms with Crippen LogP contribution in [0.15, 0.2) is 48.9 Å². The van der Waals surface area contributed by atoms with Crippen molar-refractivity contribution in [1.29, 1.82) is 0 Å². The summed E-state index contributed by atoms with van der Waals surface area (Å²) in [4.78, 5) is 10.1. The Morgan fingerprint density at radius 3 is 2.82 bits per heavy atom. The van der Waals surface area contributed by atoms with Crippen LogP contribution >= 0.6 is 11.3 Å². The van der Waals surface area contributed by atoms with Crippen LogP contribution in [0.3, 0.4) is 0 Å². The van der Waals surface area contributed by atoms with E-state index >= 15 is 0 Å². The van der Waals surface area contributed by atoms with Crippen LogP contribution in [0.1, 0.15) is 16.5 Å². The van der Waals surface area contributed by atoms with Crippen LogP contribution in [0.2, 0.25) is 0 Å². The molecule has 3 heterocycles. The predicted octanol–water partition coefficient (Wildman–Crippen LogP) is 2.77. The summed E-state index contributed by atoms with van der Waals surface area (Å²) in [5.74, 6) is 0. The SMILES string of the molecule is OC(c1cccnc1)c1cc2cccnc2s1. The highest BCUT2D eigenvalue weighted by Crippen LogP contribution is 2.31. The molecule has 17 heavy (non-hydrogen) atoms.